The number of nitrogens with zero attached hydrogens (tertiary/aromatic N) is 1. The van der Waals surface area contributed by atoms with Crippen molar-refractivity contribution in [2.24, 2.45) is 11.8 Å². The molecule has 0 aromatic heterocycles. The second kappa shape index (κ2) is 7.05. The van der Waals surface area contributed by atoms with Gasteiger partial charge >= 0.3 is 18.2 Å². The molecule has 0 aromatic rings. The number of carboxylic acid groups (broad SMARTS) is 1. The summed E-state index contributed by atoms with van der Waals surface area (Å²) in [5.74, 6) is -4.74. The molecular weight excluding hydrogens is 321 g/mol. The highest BCUT2D eigenvalue weighted by Crippen LogP contribution is 2.37. The van der Waals surface area contributed by atoms with E-state index in [4.69, 9.17) is 5.11 Å². The summed E-state index contributed by atoms with van der Waals surface area (Å²) < 4.78 is 42.9. The number of hydrogen-bond acceptors (Lipinski definition) is 4. The number of alkyl carbamates (subject to hydrolysis) is 1. The maximum atomic E-state index is 12.8. The molecule has 2 N–H and O–H groups in total. The van der Waals surface area contributed by atoms with Crippen LogP contribution in [0, 0.1) is 11.8 Å². The van der Waals surface area contributed by atoms with Gasteiger partial charge in [0, 0.05) is 6.54 Å². The number of methoxy groups -OCH3 is 1. The van der Waals surface area contributed by atoms with Crippen LogP contribution in [0.5, 0.6) is 0 Å². The summed E-state index contributed by atoms with van der Waals surface area (Å²) in [4.78, 5) is 35.6. The van der Waals surface area contributed by atoms with Gasteiger partial charge in [0.05, 0.1) is 13.0 Å². The van der Waals surface area contributed by atoms with Crippen molar-refractivity contribution < 1.29 is 37.4 Å². The van der Waals surface area contributed by atoms with Gasteiger partial charge in [0.15, 0.2) is 0 Å². The monoisotopic (exact) mass is 340 g/mol. The zero-order valence-electron chi connectivity index (χ0n) is 12.9. The molecule has 1 aliphatic heterocycles. The van der Waals surface area contributed by atoms with Gasteiger partial charge in [0.2, 0.25) is 5.91 Å². The second-order valence-corrected chi connectivity index (χ2v) is 5.68. The van der Waals surface area contributed by atoms with Crippen molar-refractivity contribution in [3.63, 3.8) is 0 Å². The normalized spacial score (nSPS) is 22.8. The highest BCUT2D eigenvalue weighted by molar-refractivity contribution is 5.90. The number of halogens is 3. The summed E-state index contributed by atoms with van der Waals surface area (Å²) in [7, 11) is 1.08. The Kier molecular flexibility index (Phi) is 5.84. The first-order chi connectivity index (χ1) is 10.5. The smallest absolute Gasteiger partial charge is 0.407 e. The van der Waals surface area contributed by atoms with Crippen molar-refractivity contribution in [2.45, 2.75) is 38.5 Å². The molecule has 7 nitrogen and oxygen atoms in total. The van der Waals surface area contributed by atoms with Crippen LogP contribution in [0.25, 0.3) is 0 Å². The Bertz CT molecular complexity index is 481. The van der Waals surface area contributed by atoms with Crippen molar-refractivity contribution in [2.75, 3.05) is 13.7 Å². The van der Waals surface area contributed by atoms with Crippen molar-refractivity contribution >= 4 is 18.0 Å². The van der Waals surface area contributed by atoms with Crippen molar-refractivity contribution in [1.29, 1.82) is 0 Å². The number of carbonyl (C=O) groups is 3. The molecule has 1 rings (SSSR count). The maximum Gasteiger partial charge on any atom is 0.407 e. The van der Waals surface area contributed by atoms with Gasteiger partial charge in [-0.05, 0) is 12.3 Å². The minimum Gasteiger partial charge on any atom is -0.480 e. The predicted molar refractivity (Wildman–Crippen MR) is 71.5 cm³/mol. The molecule has 3 atom stereocenters. The minimum atomic E-state index is -4.59. The van der Waals surface area contributed by atoms with Crippen LogP contribution in [-0.2, 0) is 14.3 Å². The van der Waals surface area contributed by atoms with Crippen LogP contribution in [0.15, 0.2) is 0 Å². The molecular formula is C13H19F3N2O5. The van der Waals surface area contributed by atoms with Crippen molar-refractivity contribution in [3.05, 3.63) is 0 Å². The quantitative estimate of drug-likeness (QED) is 0.802. The molecule has 23 heavy (non-hydrogen) atoms. The molecule has 1 heterocycles. The maximum absolute atomic E-state index is 12.8. The summed E-state index contributed by atoms with van der Waals surface area (Å²) in [5.41, 5.74) is 0. The van der Waals surface area contributed by atoms with E-state index in [-0.39, 0.29) is 0 Å². The van der Waals surface area contributed by atoms with Gasteiger partial charge in [0.1, 0.15) is 12.1 Å². The highest BCUT2D eigenvalue weighted by atomic mass is 19.4. The van der Waals surface area contributed by atoms with Crippen LogP contribution in [0.2, 0.25) is 0 Å². The van der Waals surface area contributed by atoms with E-state index in [0.717, 1.165) is 7.11 Å². The molecule has 0 bridgehead atoms. The molecule has 132 valence electrons. The van der Waals surface area contributed by atoms with Crippen molar-refractivity contribution in [1.82, 2.24) is 10.2 Å². The molecule has 0 spiro atoms. The molecule has 1 saturated heterocycles. The van der Waals surface area contributed by atoms with E-state index in [1.54, 1.807) is 13.8 Å². The van der Waals surface area contributed by atoms with Crippen LogP contribution >= 0.6 is 0 Å². The van der Waals surface area contributed by atoms with E-state index >= 15 is 0 Å². The molecule has 0 aromatic carbocycles. The third-order valence-electron chi connectivity index (χ3n) is 3.72. The molecule has 1 fully saturated rings. The van der Waals surface area contributed by atoms with Crippen LogP contribution in [0.4, 0.5) is 18.0 Å². The summed E-state index contributed by atoms with van der Waals surface area (Å²) in [6.45, 7) is 2.41. The van der Waals surface area contributed by atoms with E-state index in [0.29, 0.717) is 4.90 Å². The molecule has 10 heteroatoms. The largest absolute Gasteiger partial charge is 0.480 e. The molecule has 1 aliphatic rings. The van der Waals surface area contributed by atoms with Crippen LogP contribution in [-0.4, -0.2) is 59.9 Å². The van der Waals surface area contributed by atoms with E-state index in [9.17, 15) is 27.6 Å². The van der Waals surface area contributed by atoms with Crippen molar-refractivity contribution in [3.8, 4) is 0 Å². The molecule has 0 aliphatic carbocycles. The van der Waals surface area contributed by atoms with Gasteiger partial charge in [-0.25, -0.2) is 9.59 Å². The van der Waals surface area contributed by atoms with Gasteiger partial charge in [-0.1, -0.05) is 13.8 Å². The zero-order chi connectivity index (χ0) is 17.9. The fourth-order valence-electron chi connectivity index (χ4n) is 2.43. The lowest BCUT2D eigenvalue weighted by Crippen LogP contribution is -2.54. The Balaban J connectivity index is 3.01. The van der Waals surface area contributed by atoms with Crippen LogP contribution in [0.3, 0.4) is 0 Å². The Hall–Kier alpha value is -2.00. The van der Waals surface area contributed by atoms with E-state index < -0.39 is 61.0 Å². The summed E-state index contributed by atoms with van der Waals surface area (Å²) in [5, 5.41) is 11.3. The summed E-state index contributed by atoms with van der Waals surface area (Å²) >= 11 is 0. The summed E-state index contributed by atoms with van der Waals surface area (Å²) in [6.07, 6.45) is -6.21. The average molecular weight is 340 g/mol. The zero-order valence-corrected chi connectivity index (χ0v) is 12.9. The lowest BCUT2D eigenvalue weighted by Gasteiger charge is -2.29. The highest BCUT2D eigenvalue weighted by Gasteiger charge is 2.52. The Morgan fingerprint density at radius 1 is 1.30 bits per heavy atom. The fourth-order valence-corrected chi connectivity index (χ4v) is 2.43. The first-order valence-corrected chi connectivity index (χ1v) is 6.93. The Morgan fingerprint density at radius 2 is 1.87 bits per heavy atom. The number of likely N-dealkylation sites (tertiary alicyclic amines) is 1. The average Bonchev–Trinajstić information content (AvgIpc) is 2.88. The second-order valence-electron chi connectivity index (χ2n) is 5.68. The summed E-state index contributed by atoms with van der Waals surface area (Å²) in [6, 6.07) is -2.74. The van der Waals surface area contributed by atoms with Gasteiger partial charge in [-0.3, -0.25) is 4.79 Å². The first-order valence-electron chi connectivity index (χ1n) is 6.93. The number of rotatable bonds is 4. The van der Waals surface area contributed by atoms with E-state index in [1.807, 2.05) is 0 Å². The van der Waals surface area contributed by atoms with Gasteiger partial charge in [-0.2, -0.15) is 13.2 Å². The number of ether oxygens (including phenoxy) is 1. The topological polar surface area (TPSA) is 95.9 Å². The number of carboxylic acids is 1. The number of hydrogen-bond donors (Lipinski definition) is 2. The SMILES string of the molecule is COC(=O)N[C@H](C(=O)N1CC(C(F)(F)F)CC1C(=O)O)C(C)C. The molecule has 0 saturated carbocycles. The van der Waals surface area contributed by atoms with Crippen LogP contribution in [0.1, 0.15) is 20.3 Å². The number of nitrogens with one attached hydrogen (secondary N) is 1. The standard InChI is InChI=1S/C13H19F3N2O5/c1-6(2)9(17-12(22)23-3)10(19)18-5-7(13(14,15)16)4-8(18)11(20)21/h6-9H,4-5H2,1-3H3,(H,17,22)(H,20,21)/t7?,8?,9-/m0/s1. The molecule has 2 amide bonds. The third-order valence-corrected chi connectivity index (χ3v) is 3.72. The van der Waals surface area contributed by atoms with Gasteiger partial charge in [0.25, 0.3) is 0 Å². The minimum absolute atomic E-state index is 0.457. The number of aliphatic carboxylic acids is 1. The fraction of sp³-hybridized carbons (Fsp3) is 0.769. The van der Waals surface area contributed by atoms with Gasteiger partial charge < -0.3 is 20.1 Å². The Morgan fingerprint density at radius 3 is 2.26 bits per heavy atom. The van der Waals surface area contributed by atoms with E-state index in [1.165, 1.54) is 0 Å². The number of alkyl halides is 3. The lowest BCUT2D eigenvalue weighted by atomic mass is 10.0. The molecule has 2 unspecified atom stereocenters. The number of amides is 2. The lowest BCUT2D eigenvalue weighted by molar-refractivity contribution is -0.171. The first kappa shape index (κ1) is 19.0. The van der Waals surface area contributed by atoms with Crippen LogP contribution < -0.4 is 5.32 Å². The Labute approximate surface area is 130 Å². The predicted octanol–water partition coefficient (Wildman–Crippen LogP) is 1.23. The van der Waals surface area contributed by atoms with E-state index in [2.05, 4.69) is 10.1 Å². The molecule has 0 radical (unpaired) electrons. The number of carbonyl (C=O) groups excluding carboxylic acids is 2. The third kappa shape index (κ3) is 4.49. The van der Waals surface area contributed by atoms with Gasteiger partial charge in [-0.15, -0.1) is 0 Å².